The van der Waals surface area contributed by atoms with Crippen LogP contribution in [0.5, 0.6) is 0 Å². The first kappa shape index (κ1) is 24.1. The van der Waals surface area contributed by atoms with Crippen LogP contribution < -0.4 is 4.90 Å². The minimum absolute atomic E-state index is 0.0325. The molecule has 0 radical (unpaired) electrons. The number of rotatable bonds is 7. The fourth-order valence-electron chi connectivity index (χ4n) is 4.27. The molecule has 1 saturated heterocycles. The molecule has 1 aliphatic heterocycles. The summed E-state index contributed by atoms with van der Waals surface area (Å²) in [6, 6.07) is 21.4. The zero-order chi connectivity index (χ0) is 24.6. The van der Waals surface area contributed by atoms with Gasteiger partial charge < -0.3 is 14.7 Å². The van der Waals surface area contributed by atoms with Crippen LogP contribution in [0.2, 0.25) is 0 Å². The lowest BCUT2D eigenvalue weighted by atomic mass is 10.1. The van der Waals surface area contributed by atoms with Crippen LogP contribution in [-0.2, 0) is 4.79 Å². The molecule has 3 aromatic rings. The molecule has 7 heteroatoms. The largest absolute Gasteiger partial charge is 0.353 e. The van der Waals surface area contributed by atoms with E-state index in [4.69, 9.17) is 0 Å². The van der Waals surface area contributed by atoms with E-state index in [2.05, 4.69) is 21.7 Å². The van der Waals surface area contributed by atoms with Crippen molar-refractivity contribution in [1.82, 2.24) is 20.0 Å². The van der Waals surface area contributed by atoms with Crippen molar-refractivity contribution in [3.05, 3.63) is 90.5 Å². The highest BCUT2D eigenvalue weighted by Gasteiger charge is 2.24. The second kappa shape index (κ2) is 11.4. The Morgan fingerprint density at radius 1 is 0.943 bits per heavy atom. The van der Waals surface area contributed by atoms with E-state index in [0.29, 0.717) is 31.7 Å². The maximum absolute atomic E-state index is 13.2. The van der Waals surface area contributed by atoms with Gasteiger partial charge >= 0.3 is 0 Å². The molecule has 0 aliphatic carbocycles. The van der Waals surface area contributed by atoms with Crippen LogP contribution in [0.1, 0.15) is 22.3 Å². The van der Waals surface area contributed by atoms with E-state index in [1.807, 2.05) is 72.5 Å². The molecule has 35 heavy (non-hydrogen) atoms. The molecular weight excluding hydrogens is 438 g/mol. The highest BCUT2D eigenvalue weighted by Crippen LogP contribution is 2.19. The molecule has 0 atom stereocenters. The molecule has 180 valence electrons. The van der Waals surface area contributed by atoms with E-state index in [-0.39, 0.29) is 18.4 Å². The zero-order valence-electron chi connectivity index (χ0n) is 20.1. The number of nitrogens with zero attached hydrogens (tertiary/aromatic N) is 5. The fourth-order valence-corrected chi connectivity index (χ4v) is 4.27. The Labute approximate surface area is 206 Å². The van der Waals surface area contributed by atoms with Gasteiger partial charge in [-0.15, -0.1) is 16.8 Å². The van der Waals surface area contributed by atoms with Gasteiger partial charge in [0.2, 0.25) is 5.91 Å². The van der Waals surface area contributed by atoms with Crippen LogP contribution in [-0.4, -0.2) is 71.1 Å². The van der Waals surface area contributed by atoms with E-state index in [9.17, 15) is 9.59 Å². The van der Waals surface area contributed by atoms with Crippen molar-refractivity contribution in [2.75, 3.05) is 44.2 Å². The summed E-state index contributed by atoms with van der Waals surface area (Å²) in [6.45, 7) is 8.69. The monoisotopic (exact) mass is 469 g/mol. The van der Waals surface area contributed by atoms with Crippen LogP contribution in [0.3, 0.4) is 0 Å². The summed E-state index contributed by atoms with van der Waals surface area (Å²) < 4.78 is 0. The lowest BCUT2D eigenvalue weighted by molar-refractivity contribution is -0.131. The quantitative estimate of drug-likeness (QED) is 0.492. The number of anilines is 1. The van der Waals surface area contributed by atoms with Gasteiger partial charge in [0, 0.05) is 43.9 Å². The number of benzene rings is 2. The molecule has 0 N–H and O–H groups in total. The van der Waals surface area contributed by atoms with Crippen molar-refractivity contribution in [2.45, 2.75) is 13.3 Å². The summed E-state index contributed by atoms with van der Waals surface area (Å²) in [5.74, 6) is 0.602. The number of carbonyl (C=O) groups excluding carboxylic acids is 2. The Hall–Kier alpha value is -4.00. The molecular formula is C28H31N5O2. The van der Waals surface area contributed by atoms with E-state index < -0.39 is 0 Å². The highest BCUT2D eigenvalue weighted by atomic mass is 16.2. The topological polar surface area (TPSA) is 69.6 Å². The lowest BCUT2D eigenvalue weighted by Crippen LogP contribution is -2.44. The molecule has 0 bridgehead atoms. The Kier molecular flexibility index (Phi) is 7.88. The van der Waals surface area contributed by atoms with Gasteiger partial charge in [0.25, 0.3) is 5.91 Å². The van der Waals surface area contributed by atoms with Gasteiger partial charge in [-0.3, -0.25) is 9.59 Å². The van der Waals surface area contributed by atoms with Gasteiger partial charge in [-0.2, -0.15) is 0 Å². The van der Waals surface area contributed by atoms with Gasteiger partial charge in [-0.05, 0) is 37.1 Å². The molecule has 7 nitrogen and oxygen atoms in total. The van der Waals surface area contributed by atoms with Crippen molar-refractivity contribution >= 4 is 17.6 Å². The molecule has 0 spiro atoms. The summed E-state index contributed by atoms with van der Waals surface area (Å²) in [5.41, 5.74) is 3.37. The van der Waals surface area contributed by atoms with E-state index in [0.717, 1.165) is 35.6 Å². The summed E-state index contributed by atoms with van der Waals surface area (Å²) in [4.78, 5) is 31.8. The Balaban J connectivity index is 1.38. The number of hydrogen-bond acceptors (Lipinski definition) is 5. The molecule has 0 unspecified atom stereocenters. The average Bonchev–Trinajstić information content (AvgIpc) is 3.15. The van der Waals surface area contributed by atoms with Crippen LogP contribution in [0.15, 0.2) is 79.4 Å². The summed E-state index contributed by atoms with van der Waals surface area (Å²) >= 11 is 0. The zero-order valence-corrected chi connectivity index (χ0v) is 20.1. The summed E-state index contributed by atoms with van der Waals surface area (Å²) in [5, 5.41) is 8.83. The molecule has 2 heterocycles. The minimum atomic E-state index is -0.151. The predicted octanol–water partition coefficient (Wildman–Crippen LogP) is 3.82. The van der Waals surface area contributed by atoms with Gasteiger partial charge in [0.15, 0.2) is 5.82 Å². The van der Waals surface area contributed by atoms with Crippen LogP contribution in [0.4, 0.5) is 5.82 Å². The van der Waals surface area contributed by atoms with Crippen molar-refractivity contribution in [3.8, 4) is 11.3 Å². The number of aryl methyl sites for hydroxylation is 1. The van der Waals surface area contributed by atoms with E-state index in [1.165, 1.54) is 0 Å². The number of carbonyl (C=O) groups is 2. The lowest BCUT2D eigenvalue weighted by Gasteiger charge is -2.27. The second-order valence-corrected chi connectivity index (χ2v) is 8.65. The van der Waals surface area contributed by atoms with Crippen molar-refractivity contribution in [3.63, 3.8) is 0 Å². The molecule has 1 aromatic heterocycles. The third-order valence-electron chi connectivity index (χ3n) is 6.23. The molecule has 4 rings (SSSR count). The maximum Gasteiger partial charge on any atom is 0.254 e. The predicted molar refractivity (Wildman–Crippen MR) is 138 cm³/mol. The SMILES string of the molecule is C=CCN(CC(=O)N1CCCN(c2ccc(-c3ccccc3)nn2)CC1)C(=O)c1ccccc1C. The Morgan fingerprint density at radius 3 is 2.43 bits per heavy atom. The summed E-state index contributed by atoms with van der Waals surface area (Å²) in [7, 11) is 0. The average molecular weight is 470 g/mol. The molecule has 1 aliphatic rings. The molecule has 2 aromatic carbocycles. The molecule has 0 saturated carbocycles. The fraction of sp³-hybridized carbons (Fsp3) is 0.286. The first-order valence-corrected chi connectivity index (χ1v) is 11.9. The first-order chi connectivity index (χ1) is 17.1. The van der Waals surface area contributed by atoms with E-state index in [1.54, 1.807) is 17.0 Å². The van der Waals surface area contributed by atoms with Gasteiger partial charge in [0.05, 0.1) is 5.69 Å². The standard InChI is InChI=1S/C28H31N5O2/c1-3-16-33(28(35)24-13-8-7-10-22(24)2)21-27(34)32-18-9-17-31(19-20-32)26-15-14-25(29-30-26)23-11-5-4-6-12-23/h3-8,10-15H,1,9,16-21H2,2H3. The highest BCUT2D eigenvalue weighted by molar-refractivity contribution is 5.97. The number of amides is 2. The van der Waals surface area contributed by atoms with Crippen molar-refractivity contribution < 1.29 is 9.59 Å². The van der Waals surface area contributed by atoms with Crippen LogP contribution in [0.25, 0.3) is 11.3 Å². The number of hydrogen-bond donors (Lipinski definition) is 0. The Bertz CT molecular complexity index is 1160. The Morgan fingerprint density at radius 2 is 1.71 bits per heavy atom. The maximum atomic E-state index is 13.2. The van der Waals surface area contributed by atoms with Gasteiger partial charge in [-0.1, -0.05) is 54.6 Å². The van der Waals surface area contributed by atoms with Crippen molar-refractivity contribution in [2.24, 2.45) is 0 Å². The normalized spacial score (nSPS) is 13.7. The van der Waals surface area contributed by atoms with Crippen LogP contribution in [0, 0.1) is 6.92 Å². The van der Waals surface area contributed by atoms with E-state index >= 15 is 0 Å². The molecule has 1 fully saturated rings. The smallest absolute Gasteiger partial charge is 0.254 e. The summed E-state index contributed by atoms with van der Waals surface area (Å²) in [6.07, 6.45) is 2.48. The van der Waals surface area contributed by atoms with Crippen LogP contribution >= 0.6 is 0 Å². The third-order valence-corrected chi connectivity index (χ3v) is 6.23. The first-order valence-electron chi connectivity index (χ1n) is 11.9. The van der Waals surface area contributed by atoms with Gasteiger partial charge in [-0.25, -0.2) is 0 Å². The molecule has 2 amide bonds. The number of aromatic nitrogens is 2. The third kappa shape index (κ3) is 5.93. The minimum Gasteiger partial charge on any atom is -0.353 e. The second-order valence-electron chi connectivity index (χ2n) is 8.65. The van der Waals surface area contributed by atoms with Crippen molar-refractivity contribution in [1.29, 1.82) is 0 Å². The van der Waals surface area contributed by atoms with Gasteiger partial charge in [0.1, 0.15) is 6.54 Å².